The van der Waals surface area contributed by atoms with Crippen LogP contribution in [0.15, 0.2) is 59.4 Å². The van der Waals surface area contributed by atoms with Gasteiger partial charge in [-0.25, -0.2) is 14.2 Å². The highest BCUT2D eigenvalue weighted by Crippen LogP contribution is 2.48. The number of carbonyl (C=O) groups is 10. The molecule has 4 atom stereocenters. The van der Waals surface area contributed by atoms with Crippen LogP contribution in [0.4, 0.5) is 4.39 Å². The van der Waals surface area contributed by atoms with E-state index in [0.29, 0.717) is 72.2 Å². The highest BCUT2D eigenvalue weighted by molar-refractivity contribution is 6.13. The van der Waals surface area contributed by atoms with Gasteiger partial charge in [0.05, 0.1) is 74.6 Å². The molecule has 5 heterocycles. The van der Waals surface area contributed by atoms with E-state index in [1.54, 1.807) is 44.0 Å². The molecule has 2 aromatic heterocycles. The fourth-order valence-electron chi connectivity index (χ4n) is 13.2. The largest absolute Gasteiger partial charge is 0.458 e. The van der Waals surface area contributed by atoms with Gasteiger partial charge in [0.1, 0.15) is 25.1 Å². The number of halogens is 1. The lowest BCUT2D eigenvalue weighted by atomic mass is 9.81. The normalized spacial score (nSPS) is 20.3. The number of esters is 1. The molecule has 0 bridgehead atoms. The number of nitrogens with one attached hydrogen (secondary N) is 3. The molecule has 2 fully saturated rings. The van der Waals surface area contributed by atoms with Gasteiger partial charge < -0.3 is 49.5 Å². The Morgan fingerprint density at radius 2 is 1.55 bits per heavy atom. The van der Waals surface area contributed by atoms with Crippen molar-refractivity contribution in [2.24, 2.45) is 23.7 Å². The summed E-state index contributed by atoms with van der Waals surface area (Å²) in [5.74, 6) is -5.52. The monoisotopic (exact) mass is 1260 g/mol. The lowest BCUT2D eigenvalue weighted by Crippen LogP contribution is -2.44. The predicted octanol–water partition coefficient (Wildman–Crippen LogP) is 4.01. The second kappa shape index (κ2) is 29.0. The van der Waals surface area contributed by atoms with E-state index in [1.807, 2.05) is 18.2 Å². The summed E-state index contributed by atoms with van der Waals surface area (Å²) in [7, 11) is 1.69. The van der Waals surface area contributed by atoms with Crippen LogP contribution in [-0.4, -0.2) is 156 Å². The van der Waals surface area contributed by atoms with Crippen LogP contribution in [0.5, 0.6) is 0 Å². The summed E-state index contributed by atoms with van der Waals surface area (Å²) in [4.78, 5) is 152. The van der Waals surface area contributed by atoms with Gasteiger partial charge in [-0.2, -0.15) is 0 Å². The average Bonchev–Trinajstić information content (AvgIpc) is 1.63. The number of benzene rings is 2. The molecule has 23 nitrogen and oxygen atoms in total. The van der Waals surface area contributed by atoms with Gasteiger partial charge in [0.2, 0.25) is 17.7 Å². The molecule has 2 saturated carbocycles. The second-order valence-corrected chi connectivity index (χ2v) is 24.7. The fraction of sp³-hybridized carbons (Fsp3) is 0.522. The fourth-order valence-corrected chi connectivity index (χ4v) is 13.2. The molecule has 6 amide bonds. The smallest absolute Gasteiger partial charge is 0.343 e. The minimum absolute atomic E-state index is 0.0442. The number of rotatable bonds is 31. The first kappa shape index (κ1) is 65.8. The Balaban J connectivity index is 0.651. The first-order valence-electron chi connectivity index (χ1n) is 31.5. The molecule has 0 spiro atoms. The number of Topliss-reactive ketones (excluding diaryl/α,β-unsaturated/α-hetero) is 3. The number of fused-ring (bicyclic) bond motifs is 5. The van der Waals surface area contributed by atoms with Crippen molar-refractivity contribution < 1.29 is 76.4 Å². The van der Waals surface area contributed by atoms with Crippen LogP contribution >= 0.6 is 0 Å². The standard InChI is InChI=1S/C67H78FN7O16/c1-4-67(87)50-30-54-60-48(35-74(54)64(84)49(50)37-91-66(67)86)59-53(18-17-47-38(2)51(68)31-52(72-60)58(47)59)73(3)65(85)61(41-14-15-41)90-24-22-44(76)32-71-63(83)43(28-39-8-6-5-7-9-39)29-46(78)33-70-55(79)19-16-45(77)36-89-27-26-88-25-23-69-62(82)42-12-10-40(11-13-42)34-75-56(80)20-21-57(75)81/h5-9,20-21,30-31,40-43,53,61,87H,4,10-19,22-29,32-37H2,1-3H3,(H,69,82)(H,70,79)(H,71,83)/t40?,42?,43-,53+,61?,67+/m1/s1. The molecule has 3 aliphatic carbocycles. The molecule has 0 saturated heterocycles. The average molecular weight is 1260 g/mol. The Morgan fingerprint density at radius 3 is 2.27 bits per heavy atom. The summed E-state index contributed by atoms with van der Waals surface area (Å²) in [6.45, 7) is 3.13. The number of likely N-dealkylation sites (N-methyl/N-ethyl adjacent to an activating group) is 1. The minimum Gasteiger partial charge on any atom is -0.458 e. The highest BCUT2D eigenvalue weighted by atomic mass is 19.1. The molecule has 2 aromatic carbocycles. The number of pyridine rings is 2. The number of amides is 6. The summed E-state index contributed by atoms with van der Waals surface area (Å²) in [5, 5.41) is 20.3. The molecule has 10 rings (SSSR count). The maximum atomic E-state index is 15.6. The minimum atomic E-state index is -2.05. The van der Waals surface area contributed by atoms with Crippen LogP contribution in [0, 0.1) is 36.4 Å². The predicted molar refractivity (Wildman–Crippen MR) is 325 cm³/mol. The van der Waals surface area contributed by atoms with E-state index in [-0.39, 0.29) is 162 Å². The van der Waals surface area contributed by atoms with Crippen molar-refractivity contribution in [3.8, 4) is 11.4 Å². The number of carbonyl (C=O) groups excluding carboxylic acids is 10. The van der Waals surface area contributed by atoms with E-state index in [9.17, 15) is 57.8 Å². The van der Waals surface area contributed by atoms with Gasteiger partial charge >= 0.3 is 5.97 Å². The van der Waals surface area contributed by atoms with Gasteiger partial charge in [0.25, 0.3) is 23.3 Å². The summed E-state index contributed by atoms with van der Waals surface area (Å²) in [6.07, 6.45) is 6.16. The third-order valence-corrected chi connectivity index (χ3v) is 18.6. The van der Waals surface area contributed by atoms with Crippen molar-refractivity contribution in [3.05, 3.63) is 110 Å². The van der Waals surface area contributed by atoms with Gasteiger partial charge in [0, 0.05) is 92.4 Å². The number of aromatic nitrogens is 2. The molecular weight excluding hydrogens is 1180 g/mol. The van der Waals surface area contributed by atoms with E-state index in [1.165, 1.54) is 27.7 Å². The number of ketones is 3. The number of hydrogen-bond acceptors (Lipinski definition) is 17. The zero-order valence-electron chi connectivity index (χ0n) is 51.6. The SMILES string of the molecule is CC[C@@]1(O)C(=O)OCc2c1cc1n(c2=O)Cc2c-1nc1cc(F)c(C)c3c1c2[C@@H](N(C)C(=O)C(OCCC(=O)CNC(=O)[C@@H](CC(=O)CNC(=O)CCC(=O)COCCOCCNC(=O)C1CCC(CN2C(=O)C=CC2=O)CC1)Cc1ccccc1)C1CC1)CC3. The van der Waals surface area contributed by atoms with Gasteiger partial charge in [-0.1, -0.05) is 37.3 Å². The molecule has 91 heavy (non-hydrogen) atoms. The number of cyclic esters (lactones) is 1. The van der Waals surface area contributed by atoms with Crippen LogP contribution < -0.4 is 21.5 Å². The first-order valence-corrected chi connectivity index (χ1v) is 31.5. The zero-order chi connectivity index (χ0) is 64.7. The number of aliphatic hydroxyl groups is 1. The van der Waals surface area contributed by atoms with Crippen molar-refractivity contribution in [1.82, 2.24) is 35.3 Å². The lowest BCUT2D eigenvalue weighted by Gasteiger charge is -2.36. The van der Waals surface area contributed by atoms with Gasteiger partial charge in [0.15, 0.2) is 23.0 Å². The molecule has 4 aromatic rings. The quantitative estimate of drug-likeness (QED) is 0.0277. The Kier molecular flexibility index (Phi) is 20.9. The van der Waals surface area contributed by atoms with Crippen molar-refractivity contribution in [1.29, 1.82) is 0 Å². The molecule has 1 unspecified atom stereocenters. The van der Waals surface area contributed by atoms with Crippen molar-refractivity contribution in [3.63, 3.8) is 0 Å². The summed E-state index contributed by atoms with van der Waals surface area (Å²) in [6, 6.07) is 11.4. The van der Waals surface area contributed by atoms with Crippen LogP contribution in [0.3, 0.4) is 0 Å². The third-order valence-electron chi connectivity index (χ3n) is 18.6. The van der Waals surface area contributed by atoms with Gasteiger partial charge in [-0.15, -0.1) is 0 Å². The maximum absolute atomic E-state index is 15.6. The van der Waals surface area contributed by atoms with E-state index in [2.05, 4.69) is 16.0 Å². The van der Waals surface area contributed by atoms with E-state index >= 15 is 4.39 Å². The topological polar surface area (TPSA) is 305 Å². The molecule has 484 valence electrons. The molecule has 24 heteroatoms. The van der Waals surface area contributed by atoms with E-state index < -0.39 is 58.6 Å². The number of nitrogens with zero attached hydrogens (tertiary/aromatic N) is 4. The lowest BCUT2D eigenvalue weighted by molar-refractivity contribution is -0.172. The van der Waals surface area contributed by atoms with Gasteiger partial charge in [-0.3, -0.25) is 52.8 Å². The van der Waals surface area contributed by atoms with Crippen LogP contribution in [0.25, 0.3) is 22.3 Å². The number of aryl methyl sites for hydroxylation is 1. The number of hydrogen-bond donors (Lipinski definition) is 4. The van der Waals surface area contributed by atoms with Crippen LogP contribution in [0.2, 0.25) is 0 Å². The summed E-state index contributed by atoms with van der Waals surface area (Å²) in [5.41, 5.74) is 2.25. The van der Waals surface area contributed by atoms with Gasteiger partial charge in [-0.05, 0) is 111 Å². The molecular formula is C67H78FN7O16. The van der Waals surface area contributed by atoms with E-state index in [4.69, 9.17) is 23.9 Å². The van der Waals surface area contributed by atoms with Crippen molar-refractivity contribution >= 4 is 69.7 Å². The molecule has 3 aliphatic heterocycles. The van der Waals surface area contributed by atoms with Crippen molar-refractivity contribution in [2.45, 2.75) is 135 Å². The van der Waals surface area contributed by atoms with E-state index in [0.717, 1.165) is 42.4 Å². The Labute approximate surface area is 525 Å². The Bertz CT molecular complexity index is 3610. The Hall–Kier alpha value is -8.19. The Morgan fingerprint density at radius 1 is 0.824 bits per heavy atom. The second-order valence-electron chi connectivity index (χ2n) is 24.7. The molecule has 4 N–H and O–H groups in total. The van der Waals surface area contributed by atoms with Crippen LogP contribution in [0.1, 0.15) is 129 Å². The third kappa shape index (κ3) is 14.9. The zero-order valence-corrected chi connectivity index (χ0v) is 51.6. The van der Waals surface area contributed by atoms with Crippen LogP contribution in [-0.2, 0) is 98.5 Å². The number of imide groups is 1. The summed E-state index contributed by atoms with van der Waals surface area (Å²) < 4.78 is 39.6. The molecule has 0 radical (unpaired) electrons. The number of ether oxygens (including phenoxy) is 4. The molecule has 6 aliphatic rings. The maximum Gasteiger partial charge on any atom is 0.343 e. The van der Waals surface area contributed by atoms with Crippen molar-refractivity contribution in [2.75, 3.05) is 66.3 Å². The first-order chi connectivity index (χ1) is 43.7. The highest BCUT2D eigenvalue weighted by Gasteiger charge is 2.47. The summed E-state index contributed by atoms with van der Waals surface area (Å²) >= 11 is 0.